The minimum Gasteiger partial charge on any atom is -0.481 e. The summed E-state index contributed by atoms with van der Waals surface area (Å²) >= 11 is 12.4. The third-order valence-electron chi connectivity index (χ3n) is 8.19. The molecule has 0 radical (unpaired) electrons. The summed E-state index contributed by atoms with van der Waals surface area (Å²) in [7, 11) is -1.95. The lowest BCUT2D eigenvalue weighted by molar-refractivity contribution is -0.143. The van der Waals surface area contributed by atoms with E-state index in [4.69, 9.17) is 23.2 Å². The van der Waals surface area contributed by atoms with Gasteiger partial charge in [-0.3, -0.25) is 9.59 Å². The number of aryl methyl sites for hydroxylation is 1. The van der Waals surface area contributed by atoms with Gasteiger partial charge < -0.3 is 10.4 Å². The molecule has 0 aromatic heterocycles. The van der Waals surface area contributed by atoms with E-state index in [1.807, 2.05) is 56.3 Å². The van der Waals surface area contributed by atoms with Crippen molar-refractivity contribution in [2.24, 2.45) is 11.3 Å². The summed E-state index contributed by atoms with van der Waals surface area (Å²) in [6.45, 7) is 5.49. The SMILES string of the molecule is CCS(=O)(=O)N(C)[C@H](C)[C@](C)(CCc1ccc(Cl)cc1)[C@H]1NC(=O)[C@@H](CC(=O)O)C[C@@H]1c1cccc(Cl)c1. The van der Waals surface area contributed by atoms with Gasteiger partial charge in [0.2, 0.25) is 15.9 Å². The highest BCUT2D eigenvalue weighted by atomic mass is 35.5. The van der Waals surface area contributed by atoms with Crippen LogP contribution in [0.4, 0.5) is 0 Å². The molecule has 5 atom stereocenters. The number of halogens is 2. The molecule has 1 aliphatic rings. The van der Waals surface area contributed by atoms with E-state index in [9.17, 15) is 23.1 Å². The van der Waals surface area contributed by atoms with Gasteiger partial charge in [-0.1, -0.05) is 54.4 Å². The smallest absolute Gasteiger partial charge is 0.304 e. The van der Waals surface area contributed by atoms with Crippen molar-refractivity contribution in [3.05, 3.63) is 69.7 Å². The summed E-state index contributed by atoms with van der Waals surface area (Å²) in [5.41, 5.74) is 1.19. The fourth-order valence-corrected chi connectivity index (χ4v) is 7.00. The van der Waals surface area contributed by atoms with Crippen molar-refractivity contribution in [2.75, 3.05) is 12.8 Å². The highest BCUT2D eigenvalue weighted by molar-refractivity contribution is 7.89. The monoisotopic (exact) mass is 582 g/mol. The van der Waals surface area contributed by atoms with Crippen molar-refractivity contribution in [3.63, 3.8) is 0 Å². The second-order valence-corrected chi connectivity index (χ2v) is 13.6. The Morgan fingerprint density at radius 2 is 1.84 bits per heavy atom. The lowest BCUT2D eigenvalue weighted by atomic mass is 9.63. The Kier molecular flexibility index (Phi) is 9.90. The average molecular weight is 584 g/mol. The molecule has 208 valence electrons. The molecule has 0 aliphatic carbocycles. The van der Waals surface area contributed by atoms with Crippen LogP contribution >= 0.6 is 23.2 Å². The van der Waals surface area contributed by atoms with E-state index >= 15 is 0 Å². The van der Waals surface area contributed by atoms with E-state index in [0.717, 1.165) is 11.1 Å². The van der Waals surface area contributed by atoms with Crippen molar-refractivity contribution < 1.29 is 23.1 Å². The number of aliphatic carboxylic acids is 1. The number of carboxylic acids is 1. The molecule has 3 rings (SSSR count). The summed E-state index contributed by atoms with van der Waals surface area (Å²) in [5.74, 6) is -2.40. The normalized spacial score (nSPS) is 22.5. The van der Waals surface area contributed by atoms with Crippen LogP contribution in [0.5, 0.6) is 0 Å². The number of benzene rings is 2. The number of carbonyl (C=O) groups excluding carboxylic acids is 1. The third kappa shape index (κ3) is 6.89. The maximum atomic E-state index is 13.2. The van der Waals surface area contributed by atoms with Gasteiger partial charge in [0.25, 0.3) is 0 Å². The van der Waals surface area contributed by atoms with Gasteiger partial charge in [-0.05, 0) is 68.5 Å². The molecule has 1 heterocycles. The molecular formula is C28H36Cl2N2O5S. The zero-order valence-electron chi connectivity index (χ0n) is 22.2. The molecule has 38 heavy (non-hydrogen) atoms. The van der Waals surface area contributed by atoms with Gasteiger partial charge in [-0.25, -0.2) is 12.7 Å². The quantitative estimate of drug-likeness (QED) is 0.371. The molecule has 0 saturated carbocycles. The minimum absolute atomic E-state index is 0.0451. The summed E-state index contributed by atoms with van der Waals surface area (Å²) in [6.07, 6.45) is 1.23. The van der Waals surface area contributed by atoms with Gasteiger partial charge in [0, 0.05) is 46.4 Å². The van der Waals surface area contributed by atoms with Gasteiger partial charge in [-0.2, -0.15) is 0 Å². The van der Waals surface area contributed by atoms with Gasteiger partial charge in [0.1, 0.15) is 0 Å². The maximum Gasteiger partial charge on any atom is 0.304 e. The topological polar surface area (TPSA) is 104 Å². The highest BCUT2D eigenvalue weighted by Gasteiger charge is 2.50. The largest absolute Gasteiger partial charge is 0.481 e. The molecule has 1 saturated heterocycles. The van der Waals surface area contributed by atoms with Crippen LogP contribution in [0.25, 0.3) is 0 Å². The number of hydrogen-bond acceptors (Lipinski definition) is 4. The molecule has 2 N–H and O–H groups in total. The average Bonchev–Trinajstić information content (AvgIpc) is 2.87. The number of amides is 1. The Bertz CT molecular complexity index is 1250. The van der Waals surface area contributed by atoms with E-state index in [1.165, 1.54) is 4.31 Å². The molecule has 0 bridgehead atoms. The van der Waals surface area contributed by atoms with Crippen LogP contribution in [0.2, 0.25) is 10.0 Å². The molecule has 0 spiro atoms. The Morgan fingerprint density at radius 3 is 2.42 bits per heavy atom. The van der Waals surface area contributed by atoms with Crippen molar-refractivity contribution >= 4 is 45.1 Å². The summed E-state index contributed by atoms with van der Waals surface area (Å²) in [4.78, 5) is 24.8. The van der Waals surface area contributed by atoms with E-state index in [-0.39, 0.29) is 24.0 Å². The predicted octanol–water partition coefficient (Wildman–Crippen LogP) is 5.37. The number of sulfonamides is 1. The van der Waals surface area contributed by atoms with Crippen LogP contribution in [0.1, 0.15) is 57.1 Å². The van der Waals surface area contributed by atoms with Crippen LogP contribution in [0, 0.1) is 11.3 Å². The van der Waals surface area contributed by atoms with Crippen molar-refractivity contribution in [3.8, 4) is 0 Å². The van der Waals surface area contributed by atoms with Gasteiger partial charge >= 0.3 is 5.97 Å². The van der Waals surface area contributed by atoms with E-state index in [1.54, 1.807) is 20.0 Å². The number of piperidine rings is 1. The third-order valence-corrected chi connectivity index (χ3v) is 10.6. The van der Waals surface area contributed by atoms with Crippen molar-refractivity contribution in [2.45, 2.75) is 64.5 Å². The van der Waals surface area contributed by atoms with Crippen LogP contribution in [-0.4, -0.2) is 54.6 Å². The van der Waals surface area contributed by atoms with Crippen LogP contribution in [0.15, 0.2) is 48.5 Å². The minimum atomic E-state index is -3.53. The van der Waals surface area contributed by atoms with Gasteiger partial charge in [0.15, 0.2) is 0 Å². The number of rotatable bonds is 11. The molecule has 0 unspecified atom stereocenters. The fraction of sp³-hybridized carbons (Fsp3) is 0.500. The number of carboxylic acid groups (broad SMARTS) is 1. The number of hydrogen-bond donors (Lipinski definition) is 2. The van der Waals surface area contributed by atoms with Gasteiger partial charge in [0.05, 0.1) is 12.2 Å². The second-order valence-electron chi connectivity index (χ2n) is 10.4. The molecule has 1 aliphatic heterocycles. The van der Waals surface area contributed by atoms with E-state index in [0.29, 0.717) is 29.3 Å². The molecular weight excluding hydrogens is 547 g/mol. The summed E-state index contributed by atoms with van der Waals surface area (Å²) < 4.78 is 27.3. The van der Waals surface area contributed by atoms with Gasteiger partial charge in [-0.15, -0.1) is 0 Å². The first-order valence-electron chi connectivity index (χ1n) is 12.8. The lowest BCUT2D eigenvalue weighted by Gasteiger charge is -2.51. The first-order chi connectivity index (χ1) is 17.8. The fourth-order valence-electron chi connectivity index (χ4n) is 5.55. The zero-order valence-corrected chi connectivity index (χ0v) is 24.5. The summed E-state index contributed by atoms with van der Waals surface area (Å²) in [5, 5.41) is 13.7. The second kappa shape index (κ2) is 12.4. The molecule has 1 fully saturated rings. The first-order valence-corrected chi connectivity index (χ1v) is 15.1. The number of nitrogens with zero attached hydrogens (tertiary/aromatic N) is 1. The Hall–Kier alpha value is -2.13. The summed E-state index contributed by atoms with van der Waals surface area (Å²) in [6, 6.07) is 13.9. The zero-order chi connectivity index (χ0) is 28.3. The maximum absolute atomic E-state index is 13.2. The molecule has 2 aromatic rings. The van der Waals surface area contributed by atoms with Crippen LogP contribution in [0.3, 0.4) is 0 Å². The highest BCUT2D eigenvalue weighted by Crippen LogP contribution is 2.46. The first kappa shape index (κ1) is 30.4. The number of carbonyl (C=O) groups is 2. The Labute approximate surface area is 235 Å². The lowest BCUT2D eigenvalue weighted by Crippen LogP contribution is -2.62. The van der Waals surface area contributed by atoms with Crippen LogP contribution < -0.4 is 5.32 Å². The standard InChI is InChI=1S/C28H36Cl2N2O5S/c1-5-38(36,37)32(4)18(2)28(3,14-13-19-9-11-22(29)12-10-19)26-24(20-7-6-8-23(30)15-20)16-21(17-25(33)34)27(35)31-26/h6-12,15,18,21,24,26H,5,13-14,16-17H2,1-4H3,(H,31,35)(H,33,34)/t18-,21-,24-,26+,28+/m1/s1. The molecule has 2 aromatic carbocycles. The Balaban J connectivity index is 2.10. The van der Waals surface area contributed by atoms with Crippen molar-refractivity contribution in [1.29, 1.82) is 0 Å². The van der Waals surface area contributed by atoms with Crippen molar-refractivity contribution in [1.82, 2.24) is 9.62 Å². The molecule has 7 nitrogen and oxygen atoms in total. The molecule has 1 amide bonds. The van der Waals surface area contributed by atoms with E-state index in [2.05, 4.69) is 5.32 Å². The van der Waals surface area contributed by atoms with E-state index < -0.39 is 39.4 Å². The predicted molar refractivity (Wildman–Crippen MR) is 151 cm³/mol. The van der Waals surface area contributed by atoms with Crippen LogP contribution in [-0.2, 0) is 26.0 Å². The molecule has 10 heteroatoms. The Morgan fingerprint density at radius 1 is 1.18 bits per heavy atom. The number of nitrogens with one attached hydrogen (secondary N) is 1.